The topological polar surface area (TPSA) is 66.6 Å². The molecular weight excluding hydrogens is 358 g/mol. The van der Waals surface area contributed by atoms with Crippen molar-refractivity contribution in [3.05, 3.63) is 35.9 Å². The average Bonchev–Trinajstić information content (AvgIpc) is 3.00. The Balaban J connectivity index is 0.00000225. The summed E-state index contributed by atoms with van der Waals surface area (Å²) in [4.78, 5) is 0. The highest BCUT2D eigenvalue weighted by Crippen LogP contribution is 2.35. The van der Waals surface area contributed by atoms with E-state index in [-0.39, 0.29) is 24.2 Å². The molecule has 0 radical (unpaired) electrons. The van der Waals surface area contributed by atoms with E-state index in [1.54, 1.807) is 8.61 Å². The number of rotatable bonds is 4. The molecule has 25 heavy (non-hydrogen) atoms. The van der Waals surface area contributed by atoms with Gasteiger partial charge in [-0.2, -0.15) is 17.0 Å². The van der Waals surface area contributed by atoms with Crippen LogP contribution in [0.15, 0.2) is 30.3 Å². The number of nitrogens with two attached hydrogens (primary N) is 1. The van der Waals surface area contributed by atoms with E-state index in [0.29, 0.717) is 44.6 Å². The number of nitrogens with zero attached hydrogens (tertiary/aromatic N) is 2. The summed E-state index contributed by atoms with van der Waals surface area (Å²) < 4.78 is 29.6. The van der Waals surface area contributed by atoms with Crippen molar-refractivity contribution in [2.24, 2.45) is 23.5 Å². The summed E-state index contributed by atoms with van der Waals surface area (Å²) in [6, 6.07) is 10.2. The van der Waals surface area contributed by atoms with Gasteiger partial charge in [0.25, 0.3) is 10.2 Å². The van der Waals surface area contributed by atoms with E-state index in [1.807, 2.05) is 18.2 Å². The number of piperidine rings is 1. The Morgan fingerprint density at radius 3 is 2.12 bits per heavy atom. The van der Waals surface area contributed by atoms with Crippen molar-refractivity contribution in [2.45, 2.75) is 26.2 Å². The van der Waals surface area contributed by atoms with E-state index in [0.717, 1.165) is 6.42 Å². The number of hydrogen-bond acceptors (Lipinski definition) is 3. The molecule has 2 fully saturated rings. The maximum atomic E-state index is 13.1. The summed E-state index contributed by atoms with van der Waals surface area (Å²) in [5.74, 6) is 1.20. The fourth-order valence-electron chi connectivity index (χ4n) is 4.29. The second kappa shape index (κ2) is 8.35. The minimum atomic E-state index is -3.40. The van der Waals surface area contributed by atoms with Gasteiger partial charge in [0.1, 0.15) is 0 Å². The highest BCUT2D eigenvalue weighted by Gasteiger charge is 2.42. The third kappa shape index (κ3) is 4.37. The normalized spacial score (nSPS) is 31.6. The van der Waals surface area contributed by atoms with Crippen LogP contribution in [0, 0.1) is 17.8 Å². The molecule has 5 nitrogen and oxygen atoms in total. The van der Waals surface area contributed by atoms with E-state index in [1.165, 1.54) is 5.56 Å². The minimum Gasteiger partial charge on any atom is -0.330 e. The Hall–Kier alpha value is -0.660. The molecule has 1 aromatic rings. The highest BCUT2D eigenvalue weighted by molar-refractivity contribution is 7.86. The first-order chi connectivity index (χ1) is 11.4. The molecule has 2 heterocycles. The first-order valence-electron chi connectivity index (χ1n) is 8.92. The standard InChI is InChI=1S/C18H29N3O2S.ClH/c1-14-8-15(2)11-20(10-14)24(22,23)21-12-17(9-19)18(13-21)16-6-4-3-5-7-16;/h3-7,14-15,17-18H,8-13,19H2,1-2H3;1H/t14?,15?,17-,18+;/m1./s1. The van der Waals surface area contributed by atoms with E-state index in [2.05, 4.69) is 26.0 Å². The van der Waals surface area contributed by atoms with E-state index < -0.39 is 10.2 Å². The molecule has 2 unspecified atom stereocenters. The molecule has 2 aliphatic heterocycles. The molecule has 1 aromatic carbocycles. The van der Waals surface area contributed by atoms with Gasteiger partial charge < -0.3 is 5.73 Å². The largest absolute Gasteiger partial charge is 0.330 e. The lowest BCUT2D eigenvalue weighted by molar-refractivity contribution is 0.211. The summed E-state index contributed by atoms with van der Waals surface area (Å²) in [6.07, 6.45) is 1.10. The van der Waals surface area contributed by atoms with Crippen LogP contribution in [0.5, 0.6) is 0 Å². The van der Waals surface area contributed by atoms with Crippen molar-refractivity contribution in [2.75, 3.05) is 32.7 Å². The molecule has 4 atom stereocenters. The summed E-state index contributed by atoms with van der Waals surface area (Å²) in [6.45, 7) is 7.11. The third-order valence-electron chi connectivity index (χ3n) is 5.43. The van der Waals surface area contributed by atoms with Crippen LogP contribution >= 0.6 is 12.4 Å². The number of hydrogen-bond donors (Lipinski definition) is 1. The first-order valence-corrected chi connectivity index (χ1v) is 10.3. The quantitative estimate of drug-likeness (QED) is 0.861. The van der Waals surface area contributed by atoms with Gasteiger partial charge >= 0.3 is 0 Å². The number of benzene rings is 1. The van der Waals surface area contributed by atoms with Gasteiger partial charge in [0, 0.05) is 32.1 Å². The molecule has 2 saturated heterocycles. The molecule has 2 aliphatic rings. The van der Waals surface area contributed by atoms with Crippen LogP contribution in [0.2, 0.25) is 0 Å². The maximum absolute atomic E-state index is 13.1. The van der Waals surface area contributed by atoms with Crippen molar-refractivity contribution < 1.29 is 8.42 Å². The van der Waals surface area contributed by atoms with Crippen molar-refractivity contribution in [1.82, 2.24) is 8.61 Å². The zero-order chi connectivity index (χ0) is 17.3. The fraction of sp³-hybridized carbons (Fsp3) is 0.667. The predicted octanol–water partition coefficient (Wildman–Crippen LogP) is 2.31. The third-order valence-corrected chi connectivity index (χ3v) is 7.33. The van der Waals surface area contributed by atoms with E-state index in [4.69, 9.17) is 5.73 Å². The van der Waals surface area contributed by atoms with Gasteiger partial charge in [-0.1, -0.05) is 44.2 Å². The first kappa shape index (κ1) is 20.6. The second-order valence-electron chi connectivity index (χ2n) is 7.60. The molecule has 142 valence electrons. The van der Waals surface area contributed by atoms with Crippen molar-refractivity contribution >= 4 is 22.6 Å². The smallest absolute Gasteiger partial charge is 0.282 e. The van der Waals surface area contributed by atoms with Crippen LogP contribution < -0.4 is 5.73 Å². The Labute approximate surface area is 158 Å². The van der Waals surface area contributed by atoms with Crippen LogP contribution in [0.4, 0.5) is 0 Å². The maximum Gasteiger partial charge on any atom is 0.282 e. The van der Waals surface area contributed by atoms with E-state index in [9.17, 15) is 8.42 Å². The summed E-state index contributed by atoms with van der Waals surface area (Å²) in [7, 11) is -3.40. The molecule has 7 heteroatoms. The van der Waals surface area contributed by atoms with Crippen LogP contribution in [-0.2, 0) is 10.2 Å². The van der Waals surface area contributed by atoms with Gasteiger partial charge in [-0.25, -0.2) is 0 Å². The van der Waals surface area contributed by atoms with E-state index >= 15 is 0 Å². The zero-order valence-electron chi connectivity index (χ0n) is 15.0. The number of halogens is 1. The molecule has 0 aromatic heterocycles. The molecule has 0 saturated carbocycles. The summed E-state index contributed by atoms with van der Waals surface area (Å²) in [5.41, 5.74) is 7.14. The van der Waals surface area contributed by atoms with Crippen LogP contribution in [0.3, 0.4) is 0 Å². The lowest BCUT2D eigenvalue weighted by Crippen LogP contribution is -2.49. The molecule has 0 spiro atoms. The SMILES string of the molecule is CC1CC(C)CN(S(=O)(=O)N2C[C@@H](CN)[C@H](c3ccccc3)C2)C1.Cl. The average molecular weight is 388 g/mol. The Morgan fingerprint density at radius 2 is 1.56 bits per heavy atom. The second-order valence-corrected chi connectivity index (χ2v) is 9.53. The van der Waals surface area contributed by atoms with Gasteiger partial charge in [-0.3, -0.25) is 0 Å². The van der Waals surface area contributed by atoms with Gasteiger partial charge in [-0.15, -0.1) is 12.4 Å². The lowest BCUT2D eigenvalue weighted by Gasteiger charge is -2.36. The monoisotopic (exact) mass is 387 g/mol. The Kier molecular flexibility index (Phi) is 6.90. The van der Waals surface area contributed by atoms with Crippen molar-refractivity contribution in [3.8, 4) is 0 Å². The Morgan fingerprint density at radius 1 is 1.00 bits per heavy atom. The summed E-state index contributed by atoms with van der Waals surface area (Å²) in [5, 5.41) is 0. The van der Waals surface area contributed by atoms with Gasteiger partial charge in [0.05, 0.1) is 0 Å². The van der Waals surface area contributed by atoms with Crippen LogP contribution in [0.25, 0.3) is 0 Å². The van der Waals surface area contributed by atoms with Gasteiger partial charge in [0.2, 0.25) is 0 Å². The molecule has 0 amide bonds. The van der Waals surface area contributed by atoms with Crippen LogP contribution in [-0.4, -0.2) is 49.8 Å². The van der Waals surface area contributed by atoms with Crippen molar-refractivity contribution in [1.29, 1.82) is 0 Å². The molecule has 0 aliphatic carbocycles. The molecule has 3 rings (SSSR count). The predicted molar refractivity (Wildman–Crippen MR) is 104 cm³/mol. The lowest BCUT2D eigenvalue weighted by atomic mass is 9.89. The minimum absolute atomic E-state index is 0. The highest BCUT2D eigenvalue weighted by atomic mass is 35.5. The fourth-order valence-corrected chi connectivity index (χ4v) is 6.24. The zero-order valence-corrected chi connectivity index (χ0v) is 16.7. The van der Waals surface area contributed by atoms with Crippen molar-refractivity contribution in [3.63, 3.8) is 0 Å². The molecule has 0 bridgehead atoms. The Bertz CT molecular complexity index is 646. The van der Waals surface area contributed by atoms with Gasteiger partial charge in [0.15, 0.2) is 0 Å². The molecular formula is C18H30ClN3O2S. The molecule has 2 N–H and O–H groups in total. The van der Waals surface area contributed by atoms with Gasteiger partial charge in [-0.05, 0) is 36.3 Å². The van der Waals surface area contributed by atoms with Crippen LogP contribution in [0.1, 0.15) is 31.7 Å². The summed E-state index contributed by atoms with van der Waals surface area (Å²) >= 11 is 0.